The number of rotatable bonds is 10. The van der Waals surface area contributed by atoms with Gasteiger partial charge in [0.05, 0.1) is 19.0 Å². The molecule has 7 nitrogen and oxygen atoms in total. The van der Waals surface area contributed by atoms with Gasteiger partial charge in [0.25, 0.3) is 0 Å². The molecule has 1 aliphatic rings. The lowest BCUT2D eigenvalue weighted by Crippen LogP contribution is -2.28. The second kappa shape index (κ2) is 10.8. The molecule has 1 aliphatic heterocycles. The predicted molar refractivity (Wildman–Crippen MR) is 122 cm³/mol. The van der Waals surface area contributed by atoms with Gasteiger partial charge in [-0.2, -0.15) is 10.2 Å². The van der Waals surface area contributed by atoms with Crippen molar-refractivity contribution in [2.75, 3.05) is 36.0 Å². The van der Waals surface area contributed by atoms with Crippen molar-refractivity contribution in [1.29, 1.82) is 5.26 Å². The Kier molecular flexibility index (Phi) is 7.82. The van der Waals surface area contributed by atoms with Gasteiger partial charge in [0.2, 0.25) is 5.95 Å². The Labute approximate surface area is 184 Å². The summed E-state index contributed by atoms with van der Waals surface area (Å²) >= 11 is 0. The largest absolute Gasteiger partial charge is 0.489 e. The maximum atomic E-state index is 11.3. The molecule has 1 aromatic carbocycles. The first-order valence-corrected chi connectivity index (χ1v) is 11.0. The molecule has 31 heavy (non-hydrogen) atoms. The maximum Gasteiger partial charge on any atom is 0.227 e. The van der Waals surface area contributed by atoms with E-state index in [1.807, 2.05) is 42.2 Å². The number of ketones is 1. The van der Waals surface area contributed by atoms with Crippen molar-refractivity contribution in [2.24, 2.45) is 0 Å². The molecule has 2 aromatic rings. The molecule has 0 aliphatic carbocycles. The number of carbonyl (C=O) groups is 1. The molecular weight excluding hydrogens is 390 g/mol. The number of hydrogen-bond acceptors (Lipinski definition) is 7. The molecule has 0 unspecified atom stereocenters. The van der Waals surface area contributed by atoms with Gasteiger partial charge >= 0.3 is 0 Å². The second-order valence-corrected chi connectivity index (χ2v) is 8.05. The summed E-state index contributed by atoms with van der Waals surface area (Å²) in [6, 6.07) is 12.2. The molecule has 0 radical (unpaired) electrons. The van der Waals surface area contributed by atoms with Crippen LogP contribution in [0.4, 0.5) is 11.8 Å². The monoisotopic (exact) mass is 421 g/mol. The summed E-state index contributed by atoms with van der Waals surface area (Å²) in [5.74, 6) is 2.83. The van der Waals surface area contributed by atoms with Gasteiger partial charge in [-0.1, -0.05) is 19.1 Å². The summed E-state index contributed by atoms with van der Waals surface area (Å²) in [6.07, 6.45) is 3.81. The van der Waals surface area contributed by atoms with E-state index in [9.17, 15) is 4.79 Å². The molecule has 0 saturated carbocycles. The predicted octanol–water partition coefficient (Wildman–Crippen LogP) is 3.96. The van der Waals surface area contributed by atoms with E-state index in [1.54, 1.807) is 13.1 Å². The lowest BCUT2D eigenvalue weighted by atomic mass is 9.96. The Morgan fingerprint density at radius 2 is 2.13 bits per heavy atom. The molecule has 3 rings (SSSR count). The fourth-order valence-electron chi connectivity index (χ4n) is 3.90. The summed E-state index contributed by atoms with van der Waals surface area (Å²) < 4.78 is 6.20. The fourth-order valence-corrected chi connectivity index (χ4v) is 3.90. The van der Waals surface area contributed by atoms with Crippen LogP contribution in [0.5, 0.6) is 5.75 Å². The van der Waals surface area contributed by atoms with Gasteiger partial charge in [0, 0.05) is 38.7 Å². The zero-order chi connectivity index (χ0) is 22.2. The second-order valence-electron chi connectivity index (χ2n) is 8.05. The average molecular weight is 422 g/mol. The van der Waals surface area contributed by atoms with Crippen LogP contribution in [0.25, 0.3) is 0 Å². The zero-order valence-corrected chi connectivity index (χ0v) is 18.6. The Hall–Kier alpha value is -3.14. The Balaban J connectivity index is 1.59. The number of nitrogens with zero attached hydrogens (tertiary/aromatic N) is 5. The van der Waals surface area contributed by atoms with Crippen molar-refractivity contribution >= 4 is 17.5 Å². The number of Topliss-reactive ketones (excluding diaryl/α,β-unsaturated/α-hetero) is 1. The van der Waals surface area contributed by atoms with Crippen LogP contribution in [-0.4, -0.2) is 48.0 Å². The van der Waals surface area contributed by atoms with Gasteiger partial charge in [-0.25, -0.2) is 4.98 Å². The van der Waals surface area contributed by atoms with Crippen LogP contribution in [0.1, 0.15) is 51.5 Å². The van der Waals surface area contributed by atoms with Crippen LogP contribution in [0.2, 0.25) is 0 Å². The SMILES string of the molecule is CCN(CCC#N)c1nccc(N2CC[C@@H](Oc3ccc([C@H](C)CC(C)=O)cc3)C2)n1. The molecule has 164 valence electrons. The Bertz CT molecular complexity index is 909. The number of carbonyl (C=O) groups excluding carboxylic acids is 1. The van der Waals surface area contributed by atoms with E-state index in [4.69, 9.17) is 15.0 Å². The molecule has 1 fully saturated rings. The molecule has 1 aromatic heterocycles. The first-order valence-electron chi connectivity index (χ1n) is 11.0. The van der Waals surface area contributed by atoms with Gasteiger partial charge in [-0.15, -0.1) is 0 Å². The maximum absolute atomic E-state index is 11.3. The van der Waals surface area contributed by atoms with Crippen LogP contribution in [0.3, 0.4) is 0 Å². The molecule has 1 saturated heterocycles. The summed E-state index contributed by atoms with van der Waals surface area (Å²) in [4.78, 5) is 24.7. The van der Waals surface area contributed by atoms with Gasteiger partial charge in [0.1, 0.15) is 23.5 Å². The van der Waals surface area contributed by atoms with Crippen molar-refractivity contribution in [2.45, 2.75) is 52.1 Å². The van der Waals surface area contributed by atoms with Gasteiger partial charge < -0.3 is 19.3 Å². The quantitative estimate of drug-likeness (QED) is 0.574. The minimum absolute atomic E-state index is 0.0970. The number of anilines is 2. The van der Waals surface area contributed by atoms with E-state index in [-0.39, 0.29) is 17.8 Å². The van der Waals surface area contributed by atoms with Crippen LogP contribution < -0.4 is 14.5 Å². The standard InChI is InChI=1S/C24H31N5O2/c1-4-28(14-5-12-25)24-26-13-10-23(27-24)29-15-11-22(17-29)31-21-8-6-20(7-9-21)18(2)16-19(3)30/h6-10,13,18,22H,4-5,11,14-17H2,1-3H3/t18-,22-/m1/s1. The first kappa shape index (κ1) is 22.5. The van der Waals surface area contributed by atoms with Gasteiger partial charge in [-0.3, -0.25) is 0 Å². The molecule has 0 bridgehead atoms. The topological polar surface area (TPSA) is 82.4 Å². The molecule has 2 atom stereocenters. The number of hydrogen-bond donors (Lipinski definition) is 0. The van der Waals surface area contributed by atoms with Crippen molar-refractivity contribution in [1.82, 2.24) is 9.97 Å². The van der Waals surface area contributed by atoms with Crippen LogP contribution in [0, 0.1) is 11.3 Å². The van der Waals surface area contributed by atoms with Crippen molar-refractivity contribution in [3.8, 4) is 11.8 Å². The highest BCUT2D eigenvalue weighted by Gasteiger charge is 2.25. The average Bonchev–Trinajstić information content (AvgIpc) is 3.23. The smallest absolute Gasteiger partial charge is 0.227 e. The van der Waals surface area contributed by atoms with E-state index in [0.717, 1.165) is 43.2 Å². The lowest BCUT2D eigenvalue weighted by Gasteiger charge is -2.22. The minimum Gasteiger partial charge on any atom is -0.489 e. The van der Waals surface area contributed by atoms with Gasteiger partial charge in [-0.05, 0) is 43.5 Å². The van der Waals surface area contributed by atoms with Gasteiger partial charge in [0.15, 0.2) is 0 Å². The number of ether oxygens (including phenoxy) is 1. The molecule has 0 spiro atoms. The molecule has 0 N–H and O–H groups in total. The summed E-state index contributed by atoms with van der Waals surface area (Å²) in [6.45, 7) is 8.78. The number of benzene rings is 1. The highest BCUT2D eigenvalue weighted by molar-refractivity contribution is 5.76. The fraction of sp³-hybridized carbons (Fsp3) is 0.500. The number of nitriles is 1. The van der Waals surface area contributed by atoms with Crippen LogP contribution in [-0.2, 0) is 4.79 Å². The lowest BCUT2D eigenvalue weighted by molar-refractivity contribution is -0.117. The summed E-state index contributed by atoms with van der Waals surface area (Å²) in [5.41, 5.74) is 1.15. The Morgan fingerprint density at radius 3 is 2.81 bits per heavy atom. The normalized spacial score (nSPS) is 16.6. The van der Waals surface area contributed by atoms with Crippen molar-refractivity contribution in [3.05, 3.63) is 42.1 Å². The van der Waals surface area contributed by atoms with E-state index >= 15 is 0 Å². The van der Waals surface area contributed by atoms with Crippen molar-refractivity contribution in [3.63, 3.8) is 0 Å². The number of aromatic nitrogens is 2. The van der Waals surface area contributed by atoms with E-state index < -0.39 is 0 Å². The third-order valence-electron chi connectivity index (χ3n) is 5.60. The van der Waals surface area contributed by atoms with Crippen LogP contribution in [0.15, 0.2) is 36.5 Å². The molecule has 2 heterocycles. The van der Waals surface area contributed by atoms with Crippen molar-refractivity contribution < 1.29 is 9.53 Å². The first-order chi connectivity index (χ1) is 15.0. The Morgan fingerprint density at radius 1 is 1.35 bits per heavy atom. The molecule has 7 heteroatoms. The zero-order valence-electron chi connectivity index (χ0n) is 18.6. The summed E-state index contributed by atoms with van der Waals surface area (Å²) in [5, 5.41) is 8.86. The van der Waals surface area contributed by atoms with Crippen LogP contribution >= 0.6 is 0 Å². The minimum atomic E-state index is 0.0970. The third kappa shape index (κ3) is 6.17. The summed E-state index contributed by atoms with van der Waals surface area (Å²) in [7, 11) is 0. The molecular formula is C24H31N5O2. The molecule has 0 amide bonds. The van der Waals surface area contributed by atoms with E-state index in [0.29, 0.717) is 25.3 Å². The van der Waals surface area contributed by atoms with E-state index in [1.165, 1.54) is 0 Å². The highest BCUT2D eigenvalue weighted by atomic mass is 16.5. The highest BCUT2D eigenvalue weighted by Crippen LogP contribution is 2.26. The third-order valence-corrected chi connectivity index (χ3v) is 5.60. The van der Waals surface area contributed by atoms with E-state index in [2.05, 4.69) is 22.9 Å².